The number of nitrogens with two attached hydrogens (primary N) is 1. The van der Waals surface area contributed by atoms with Crippen molar-refractivity contribution in [1.29, 1.82) is 0 Å². The zero-order valence-electron chi connectivity index (χ0n) is 11.8. The first-order chi connectivity index (χ1) is 10.2. The van der Waals surface area contributed by atoms with E-state index in [9.17, 15) is 0 Å². The molecule has 0 saturated carbocycles. The van der Waals surface area contributed by atoms with E-state index in [0.717, 1.165) is 31.7 Å². The van der Waals surface area contributed by atoms with E-state index in [1.54, 1.807) is 7.11 Å². The number of nitrogen functional groups attached to an aromatic ring is 1. The molecule has 5 nitrogen and oxygen atoms in total. The van der Waals surface area contributed by atoms with Crippen LogP contribution in [0.15, 0.2) is 24.5 Å². The topological polar surface area (TPSA) is 64.3 Å². The molecular weight excluding hydrogens is 288 g/mol. The highest BCUT2D eigenvalue weighted by Gasteiger charge is 2.20. The van der Waals surface area contributed by atoms with E-state index < -0.39 is 0 Å². The minimum absolute atomic E-state index is 0.320. The number of halogens is 1. The molecule has 1 aromatic carbocycles. The first-order valence-corrected chi connectivity index (χ1v) is 7.24. The largest absolute Gasteiger partial charge is 0.496 e. The molecule has 0 aliphatic carbocycles. The lowest BCUT2D eigenvalue weighted by molar-refractivity contribution is 0.409. The van der Waals surface area contributed by atoms with Crippen molar-refractivity contribution in [3.8, 4) is 5.75 Å². The predicted molar refractivity (Wildman–Crippen MR) is 84.1 cm³/mol. The van der Waals surface area contributed by atoms with Gasteiger partial charge in [-0.25, -0.2) is 9.97 Å². The van der Waals surface area contributed by atoms with Gasteiger partial charge in [0.1, 0.15) is 22.9 Å². The number of fused-ring (bicyclic) bond motifs is 1. The number of nitrogens with zero attached hydrogens (tertiary/aromatic N) is 3. The maximum absolute atomic E-state index is 6.23. The molecule has 3 rings (SSSR count). The molecule has 2 N–H and O–H groups in total. The van der Waals surface area contributed by atoms with Crippen molar-refractivity contribution in [3.05, 3.63) is 40.7 Å². The van der Waals surface area contributed by atoms with Gasteiger partial charge in [0.15, 0.2) is 5.82 Å². The number of ether oxygens (including phenoxy) is 1. The molecule has 0 unspecified atom stereocenters. The summed E-state index contributed by atoms with van der Waals surface area (Å²) < 4.78 is 5.46. The second-order valence-corrected chi connectivity index (χ2v) is 5.36. The molecule has 0 fully saturated rings. The molecular formula is C15H17ClN4O. The average molecular weight is 305 g/mol. The highest BCUT2D eigenvalue weighted by molar-refractivity contribution is 6.35. The summed E-state index contributed by atoms with van der Waals surface area (Å²) in [6, 6.07) is 6.18. The van der Waals surface area contributed by atoms with Crippen molar-refractivity contribution in [2.45, 2.75) is 12.8 Å². The van der Waals surface area contributed by atoms with E-state index in [-0.39, 0.29) is 0 Å². The Balaban J connectivity index is 1.90. The molecule has 1 aliphatic heterocycles. The van der Waals surface area contributed by atoms with Crippen molar-refractivity contribution < 1.29 is 4.74 Å². The summed E-state index contributed by atoms with van der Waals surface area (Å²) in [5.74, 6) is 1.97. The monoisotopic (exact) mass is 304 g/mol. The highest BCUT2D eigenvalue weighted by atomic mass is 35.5. The number of hydrogen-bond donors (Lipinski definition) is 1. The summed E-state index contributed by atoms with van der Waals surface area (Å²) in [7, 11) is 1.71. The normalized spacial score (nSPS) is 14.5. The predicted octanol–water partition coefficient (Wildman–Crippen LogP) is 2.33. The zero-order chi connectivity index (χ0) is 14.8. The third-order valence-electron chi connectivity index (χ3n) is 3.83. The van der Waals surface area contributed by atoms with Crippen LogP contribution in [0.2, 0.25) is 5.02 Å². The highest BCUT2D eigenvalue weighted by Crippen LogP contribution is 2.31. The summed E-state index contributed by atoms with van der Waals surface area (Å²) in [6.07, 6.45) is 3.27. The van der Waals surface area contributed by atoms with E-state index in [1.165, 1.54) is 17.5 Å². The number of hydrogen-bond acceptors (Lipinski definition) is 5. The fraction of sp³-hybridized carbons (Fsp3) is 0.333. The van der Waals surface area contributed by atoms with Crippen molar-refractivity contribution in [2.24, 2.45) is 0 Å². The maximum atomic E-state index is 6.23. The Hall–Kier alpha value is -2.01. The van der Waals surface area contributed by atoms with Crippen molar-refractivity contribution in [1.82, 2.24) is 9.97 Å². The van der Waals surface area contributed by atoms with Crippen LogP contribution in [0.4, 0.5) is 11.6 Å². The van der Waals surface area contributed by atoms with Crippen LogP contribution in [-0.4, -0.2) is 30.2 Å². The molecule has 0 spiro atoms. The standard InChI is InChI=1S/C15H17ClN4O/c1-21-12-4-2-3-10-5-7-20(8-6-11(10)12)15-13(16)14(17)18-9-19-15/h2-4,9H,5-8H2,1H3,(H2,17,18,19). The molecule has 1 aromatic heterocycles. The summed E-state index contributed by atoms with van der Waals surface area (Å²) >= 11 is 6.23. The van der Waals surface area contributed by atoms with Gasteiger partial charge in [-0.3, -0.25) is 0 Å². The second kappa shape index (κ2) is 5.77. The number of methoxy groups -OCH3 is 1. The summed E-state index contributed by atoms with van der Waals surface area (Å²) in [4.78, 5) is 10.3. The Morgan fingerprint density at radius 2 is 2.05 bits per heavy atom. The van der Waals surface area contributed by atoms with Crippen molar-refractivity contribution >= 4 is 23.2 Å². The summed E-state index contributed by atoms with van der Waals surface area (Å²) in [5, 5.41) is 0.426. The molecule has 2 aromatic rings. The lowest BCUT2D eigenvalue weighted by Gasteiger charge is -2.22. The lowest BCUT2D eigenvalue weighted by atomic mass is 10.0. The number of rotatable bonds is 2. The van der Waals surface area contributed by atoms with Crippen LogP contribution in [0, 0.1) is 0 Å². The van der Waals surface area contributed by atoms with Crippen LogP contribution in [-0.2, 0) is 12.8 Å². The van der Waals surface area contributed by atoms with E-state index in [4.69, 9.17) is 22.1 Å². The fourth-order valence-corrected chi connectivity index (χ4v) is 2.96. The minimum atomic E-state index is 0.320. The first kappa shape index (κ1) is 13.9. The molecule has 0 amide bonds. The Morgan fingerprint density at radius 3 is 2.86 bits per heavy atom. The van der Waals surface area contributed by atoms with Gasteiger partial charge in [-0.1, -0.05) is 23.7 Å². The molecule has 6 heteroatoms. The van der Waals surface area contributed by atoms with Crippen LogP contribution in [0.25, 0.3) is 0 Å². The Kier molecular flexibility index (Phi) is 3.84. The van der Waals surface area contributed by atoms with E-state index in [2.05, 4.69) is 20.9 Å². The van der Waals surface area contributed by atoms with Gasteiger partial charge in [0.05, 0.1) is 7.11 Å². The minimum Gasteiger partial charge on any atom is -0.496 e. The Morgan fingerprint density at radius 1 is 1.24 bits per heavy atom. The van der Waals surface area contributed by atoms with Gasteiger partial charge < -0.3 is 15.4 Å². The molecule has 0 bridgehead atoms. The van der Waals surface area contributed by atoms with Gasteiger partial charge in [0.25, 0.3) is 0 Å². The molecule has 0 radical (unpaired) electrons. The van der Waals surface area contributed by atoms with Gasteiger partial charge in [0.2, 0.25) is 0 Å². The van der Waals surface area contributed by atoms with Gasteiger partial charge in [-0.05, 0) is 30.0 Å². The zero-order valence-corrected chi connectivity index (χ0v) is 12.6. The molecule has 0 atom stereocenters. The summed E-state index contributed by atoms with van der Waals surface area (Å²) in [6.45, 7) is 1.67. The third kappa shape index (κ3) is 2.61. The van der Waals surface area contributed by atoms with Crippen molar-refractivity contribution in [3.63, 3.8) is 0 Å². The van der Waals surface area contributed by atoms with Crippen LogP contribution >= 0.6 is 11.6 Å². The van der Waals surface area contributed by atoms with Crippen molar-refractivity contribution in [2.75, 3.05) is 30.8 Å². The summed E-state index contributed by atoms with van der Waals surface area (Å²) in [5.41, 5.74) is 8.35. The van der Waals surface area contributed by atoms with E-state index >= 15 is 0 Å². The van der Waals surface area contributed by atoms with E-state index in [0.29, 0.717) is 16.7 Å². The van der Waals surface area contributed by atoms with Gasteiger partial charge in [-0.15, -0.1) is 0 Å². The number of anilines is 2. The van der Waals surface area contributed by atoms with Gasteiger partial charge in [0, 0.05) is 13.1 Å². The lowest BCUT2D eigenvalue weighted by Crippen LogP contribution is -2.27. The molecule has 110 valence electrons. The SMILES string of the molecule is COc1cccc2c1CCN(c1ncnc(N)c1Cl)CC2. The molecule has 2 heterocycles. The van der Waals surface area contributed by atoms with Crippen LogP contribution in [0.3, 0.4) is 0 Å². The molecule has 0 saturated heterocycles. The second-order valence-electron chi connectivity index (χ2n) is 4.98. The molecule has 21 heavy (non-hydrogen) atoms. The Labute approximate surface area is 128 Å². The van der Waals surface area contributed by atoms with Gasteiger partial charge in [-0.2, -0.15) is 0 Å². The van der Waals surface area contributed by atoms with Crippen LogP contribution < -0.4 is 15.4 Å². The Bertz CT molecular complexity index is 662. The number of aromatic nitrogens is 2. The first-order valence-electron chi connectivity index (χ1n) is 6.86. The molecule has 1 aliphatic rings. The number of benzene rings is 1. The maximum Gasteiger partial charge on any atom is 0.153 e. The van der Waals surface area contributed by atoms with Crippen LogP contribution in [0.1, 0.15) is 11.1 Å². The average Bonchev–Trinajstić information content (AvgIpc) is 2.72. The van der Waals surface area contributed by atoms with Gasteiger partial charge >= 0.3 is 0 Å². The third-order valence-corrected chi connectivity index (χ3v) is 4.19. The quantitative estimate of drug-likeness (QED) is 0.922. The smallest absolute Gasteiger partial charge is 0.153 e. The van der Waals surface area contributed by atoms with Crippen LogP contribution in [0.5, 0.6) is 5.75 Å². The fourth-order valence-electron chi connectivity index (χ4n) is 2.74. The van der Waals surface area contributed by atoms with E-state index in [1.807, 2.05) is 12.1 Å².